The first-order valence-corrected chi connectivity index (χ1v) is 4.58. The van der Waals surface area contributed by atoms with Gasteiger partial charge in [-0.15, -0.1) is 0 Å². The molecular weight excluding hydrogens is 186 g/mol. The van der Waals surface area contributed by atoms with Crippen LogP contribution in [0.4, 0.5) is 8.78 Å². The number of halogens is 2. The third kappa shape index (κ3) is 1.54. The van der Waals surface area contributed by atoms with Crippen molar-refractivity contribution < 1.29 is 13.6 Å². The fourth-order valence-electron chi connectivity index (χ4n) is 1.92. The van der Waals surface area contributed by atoms with E-state index < -0.39 is 12.3 Å². The highest BCUT2D eigenvalue weighted by Gasteiger charge is 2.31. The van der Waals surface area contributed by atoms with Gasteiger partial charge >= 0.3 is 0 Å². The molecule has 0 aromatic heterocycles. The van der Waals surface area contributed by atoms with Gasteiger partial charge < -0.3 is 0 Å². The minimum atomic E-state index is -2.39. The summed E-state index contributed by atoms with van der Waals surface area (Å²) in [5.74, 6) is -0.631. The third-order valence-electron chi connectivity index (χ3n) is 2.58. The average molecular weight is 196 g/mol. The van der Waals surface area contributed by atoms with Crippen LogP contribution in [-0.4, -0.2) is 12.2 Å². The van der Waals surface area contributed by atoms with Crippen molar-refractivity contribution in [2.45, 2.75) is 19.3 Å². The predicted octanol–water partition coefficient (Wildman–Crippen LogP) is 2.70. The second-order valence-electron chi connectivity index (χ2n) is 3.55. The van der Waals surface area contributed by atoms with Crippen LogP contribution >= 0.6 is 0 Å². The van der Waals surface area contributed by atoms with Crippen molar-refractivity contribution in [3.05, 3.63) is 35.4 Å². The first kappa shape index (κ1) is 9.31. The highest BCUT2D eigenvalue weighted by atomic mass is 19.3. The van der Waals surface area contributed by atoms with Gasteiger partial charge in [-0.05, 0) is 12.0 Å². The van der Waals surface area contributed by atoms with Gasteiger partial charge in [-0.3, -0.25) is 4.79 Å². The minimum absolute atomic E-state index is 0.124. The zero-order chi connectivity index (χ0) is 10.1. The Bertz CT molecular complexity index is 360. The van der Waals surface area contributed by atoms with E-state index in [1.165, 1.54) is 0 Å². The summed E-state index contributed by atoms with van der Waals surface area (Å²) in [6, 6.07) is 7.14. The van der Waals surface area contributed by atoms with Crippen LogP contribution in [0.1, 0.15) is 22.3 Å². The van der Waals surface area contributed by atoms with Gasteiger partial charge in [0.25, 0.3) is 0 Å². The van der Waals surface area contributed by atoms with Crippen molar-refractivity contribution in [2.75, 3.05) is 0 Å². The normalized spacial score (nSPS) is 20.2. The highest BCUT2D eigenvalue weighted by molar-refractivity contribution is 6.02. The maximum atomic E-state index is 12.1. The number of fused-ring (bicyclic) bond motifs is 1. The summed E-state index contributed by atoms with van der Waals surface area (Å²) in [5, 5.41) is 0. The largest absolute Gasteiger partial charge is 0.294 e. The van der Waals surface area contributed by atoms with Crippen LogP contribution in [0.3, 0.4) is 0 Å². The fraction of sp³-hybridized carbons (Fsp3) is 0.364. The summed E-state index contributed by atoms with van der Waals surface area (Å²) in [7, 11) is 0. The number of rotatable bonds is 2. The molecule has 0 heterocycles. The Hall–Kier alpha value is -1.25. The molecule has 0 fully saturated rings. The lowest BCUT2D eigenvalue weighted by Crippen LogP contribution is -2.12. The first-order chi connectivity index (χ1) is 6.68. The van der Waals surface area contributed by atoms with Gasteiger partial charge in [0.2, 0.25) is 6.43 Å². The topological polar surface area (TPSA) is 17.1 Å². The number of hydrogen-bond donors (Lipinski definition) is 0. The number of carbonyl (C=O) groups excluding carboxylic acids is 1. The lowest BCUT2D eigenvalue weighted by atomic mass is 10.0. The van der Waals surface area contributed by atoms with Gasteiger partial charge in [0.15, 0.2) is 5.78 Å². The molecule has 0 spiro atoms. The van der Waals surface area contributed by atoms with E-state index in [4.69, 9.17) is 0 Å². The Balaban J connectivity index is 2.21. The van der Waals surface area contributed by atoms with Crippen LogP contribution in [0.15, 0.2) is 24.3 Å². The zero-order valence-corrected chi connectivity index (χ0v) is 7.54. The smallest absolute Gasteiger partial charge is 0.239 e. The predicted molar refractivity (Wildman–Crippen MR) is 48.6 cm³/mol. The van der Waals surface area contributed by atoms with Gasteiger partial charge in [0.05, 0.1) is 0 Å². The molecule has 0 radical (unpaired) electrons. The molecule has 1 aromatic rings. The molecule has 0 saturated carbocycles. The van der Waals surface area contributed by atoms with Crippen LogP contribution < -0.4 is 0 Å². The summed E-state index contributed by atoms with van der Waals surface area (Å²) < 4.78 is 24.3. The zero-order valence-electron chi connectivity index (χ0n) is 7.54. The van der Waals surface area contributed by atoms with Crippen molar-refractivity contribution in [3.8, 4) is 0 Å². The van der Waals surface area contributed by atoms with E-state index in [1.54, 1.807) is 12.1 Å². The standard InChI is InChI=1S/C11H10F2O/c12-10(13)6-8-5-7-3-1-2-4-9(7)11(8)14/h1-4,8,10H,5-6H2. The van der Waals surface area contributed by atoms with Crippen molar-refractivity contribution in [1.29, 1.82) is 0 Å². The SMILES string of the molecule is O=C1c2ccccc2CC1CC(F)F. The van der Waals surface area contributed by atoms with Crippen molar-refractivity contribution >= 4 is 5.78 Å². The summed E-state index contributed by atoms with van der Waals surface area (Å²) in [6.07, 6.45) is -2.23. The van der Waals surface area contributed by atoms with E-state index in [2.05, 4.69) is 0 Å². The molecule has 0 N–H and O–H groups in total. The van der Waals surface area contributed by atoms with Crippen LogP contribution in [0, 0.1) is 5.92 Å². The average Bonchev–Trinajstić information content (AvgIpc) is 2.44. The molecule has 0 bridgehead atoms. The van der Waals surface area contributed by atoms with Crippen LogP contribution in [0.25, 0.3) is 0 Å². The Labute approximate surface area is 80.7 Å². The van der Waals surface area contributed by atoms with Gasteiger partial charge in [0.1, 0.15) is 0 Å². The van der Waals surface area contributed by atoms with Crippen LogP contribution in [0.5, 0.6) is 0 Å². The second kappa shape index (κ2) is 3.48. The number of alkyl halides is 2. The lowest BCUT2D eigenvalue weighted by molar-refractivity contribution is 0.0802. The Morgan fingerprint density at radius 2 is 2.07 bits per heavy atom. The maximum absolute atomic E-state index is 12.1. The van der Waals surface area contributed by atoms with E-state index in [-0.39, 0.29) is 12.2 Å². The maximum Gasteiger partial charge on any atom is 0.239 e. The number of carbonyl (C=O) groups is 1. The van der Waals surface area contributed by atoms with E-state index in [9.17, 15) is 13.6 Å². The van der Waals surface area contributed by atoms with E-state index in [0.717, 1.165) is 5.56 Å². The molecule has 74 valence electrons. The summed E-state index contributed by atoms with van der Waals surface area (Å²) in [6.45, 7) is 0. The molecule has 1 aliphatic carbocycles. The van der Waals surface area contributed by atoms with E-state index in [0.29, 0.717) is 12.0 Å². The monoisotopic (exact) mass is 196 g/mol. The first-order valence-electron chi connectivity index (χ1n) is 4.58. The minimum Gasteiger partial charge on any atom is -0.294 e. The second-order valence-corrected chi connectivity index (χ2v) is 3.55. The molecule has 0 aliphatic heterocycles. The molecular formula is C11H10F2O. The number of benzene rings is 1. The molecule has 1 unspecified atom stereocenters. The third-order valence-corrected chi connectivity index (χ3v) is 2.58. The number of Topliss-reactive ketones (excluding diaryl/α,β-unsaturated/α-hetero) is 1. The molecule has 2 rings (SSSR count). The van der Waals surface area contributed by atoms with E-state index >= 15 is 0 Å². The van der Waals surface area contributed by atoms with Crippen molar-refractivity contribution in [2.24, 2.45) is 5.92 Å². The van der Waals surface area contributed by atoms with Gasteiger partial charge in [-0.1, -0.05) is 24.3 Å². The van der Waals surface area contributed by atoms with E-state index in [1.807, 2.05) is 12.1 Å². The highest BCUT2D eigenvalue weighted by Crippen LogP contribution is 2.30. The van der Waals surface area contributed by atoms with Crippen molar-refractivity contribution in [1.82, 2.24) is 0 Å². The van der Waals surface area contributed by atoms with Crippen molar-refractivity contribution in [3.63, 3.8) is 0 Å². The summed E-state index contributed by atoms with van der Waals surface area (Å²) >= 11 is 0. The molecule has 0 amide bonds. The molecule has 1 nitrogen and oxygen atoms in total. The van der Waals surface area contributed by atoms with Gasteiger partial charge in [0, 0.05) is 17.9 Å². The summed E-state index contributed by atoms with van der Waals surface area (Å²) in [5.41, 5.74) is 1.53. The van der Waals surface area contributed by atoms with Gasteiger partial charge in [-0.2, -0.15) is 0 Å². The molecule has 1 aromatic carbocycles. The number of hydrogen-bond acceptors (Lipinski definition) is 1. The fourth-order valence-corrected chi connectivity index (χ4v) is 1.92. The Morgan fingerprint density at radius 3 is 2.71 bits per heavy atom. The number of ketones is 1. The Morgan fingerprint density at radius 1 is 1.36 bits per heavy atom. The Kier molecular flexibility index (Phi) is 2.32. The molecule has 14 heavy (non-hydrogen) atoms. The van der Waals surface area contributed by atoms with Crippen LogP contribution in [0.2, 0.25) is 0 Å². The molecule has 0 saturated heterocycles. The van der Waals surface area contributed by atoms with Gasteiger partial charge in [-0.25, -0.2) is 8.78 Å². The van der Waals surface area contributed by atoms with Crippen LogP contribution in [-0.2, 0) is 6.42 Å². The lowest BCUT2D eigenvalue weighted by Gasteiger charge is -2.05. The molecule has 1 atom stereocenters. The molecule has 3 heteroatoms. The molecule has 1 aliphatic rings. The quantitative estimate of drug-likeness (QED) is 0.710. The summed E-state index contributed by atoms with van der Waals surface area (Å²) in [4.78, 5) is 11.6.